The highest BCUT2D eigenvalue weighted by Gasteiger charge is 2.30. The van der Waals surface area contributed by atoms with Crippen molar-refractivity contribution < 1.29 is 13.8 Å². The van der Waals surface area contributed by atoms with Crippen molar-refractivity contribution in [1.29, 1.82) is 0 Å². The first-order chi connectivity index (χ1) is 10.0. The van der Waals surface area contributed by atoms with Gasteiger partial charge in [0, 0.05) is 0 Å². The summed E-state index contributed by atoms with van der Waals surface area (Å²) >= 11 is 0. The molecule has 112 valence electrons. The quantitative estimate of drug-likeness (QED) is 0.859. The fraction of sp³-hybridized carbons (Fsp3) is 0.583. The summed E-state index contributed by atoms with van der Waals surface area (Å²) in [5.74, 6) is 0.537. The maximum Gasteiger partial charge on any atom is 0.504 e. The molecule has 1 fully saturated rings. The molecule has 0 spiro atoms. The van der Waals surface area contributed by atoms with E-state index in [1.807, 2.05) is 0 Å². The predicted molar refractivity (Wildman–Crippen MR) is 75.5 cm³/mol. The lowest BCUT2D eigenvalue weighted by Crippen LogP contribution is -2.16. The number of nitrogens with one attached hydrogen (secondary N) is 1. The highest BCUT2D eigenvalue weighted by atomic mass is 31.1. The molecule has 1 unspecified atom stereocenters. The molecule has 1 N–H and O–H groups in total. The van der Waals surface area contributed by atoms with Crippen LogP contribution in [0, 0.1) is 6.92 Å². The topological polar surface area (TPSA) is 99.1 Å². The normalized spacial score (nSPS) is 22.9. The SMILES string of the molecule is Cc1nc2c(ncn2[C@H]2CC[C@@H](CO[P+](C)=O)O2)c(=O)[nH]1. The number of rotatable bonds is 4. The maximum atomic E-state index is 11.8. The summed E-state index contributed by atoms with van der Waals surface area (Å²) in [6, 6.07) is 0. The molecule has 3 rings (SSSR count). The van der Waals surface area contributed by atoms with Gasteiger partial charge in [0.05, 0.1) is 12.4 Å². The average molecular weight is 311 g/mol. The standard InChI is InChI=1S/C12H15N4O4P/c1-7-14-11-10(12(17)15-7)13-6-16(11)9-4-3-8(20-9)5-19-21(2)18/h6,8-9H,3-5H2,1-2H3/p+1/t8-,9+/m0/s1. The van der Waals surface area contributed by atoms with Gasteiger partial charge in [-0.25, -0.2) is 9.97 Å². The van der Waals surface area contributed by atoms with Crippen LogP contribution in [0.25, 0.3) is 11.2 Å². The third kappa shape index (κ3) is 2.88. The minimum atomic E-state index is -1.62. The molecular weight excluding hydrogens is 295 g/mol. The van der Waals surface area contributed by atoms with Crippen LogP contribution in [0.3, 0.4) is 0 Å². The van der Waals surface area contributed by atoms with E-state index in [2.05, 4.69) is 15.0 Å². The molecule has 0 bridgehead atoms. The number of nitrogens with zero attached hydrogens (tertiary/aromatic N) is 3. The molecule has 1 aliphatic heterocycles. The Balaban J connectivity index is 1.82. The number of aryl methyl sites for hydroxylation is 1. The van der Waals surface area contributed by atoms with Crippen LogP contribution < -0.4 is 5.56 Å². The second-order valence-electron chi connectivity index (χ2n) is 5.00. The summed E-state index contributed by atoms with van der Waals surface area (Å²) in [6.07, 6.45) is 2.81. The Kier molecular flexibility index (Phi) is 3.84. The summed E-state index contributed by atoms with van der Waals surface area (Å²) in [5.41, 5.74) is 0.571. The largest absolute Gasteiger partial charge is 0.504 e. The zero-order valence-corrected chi connectivity index (χ0v) is 12.7. The summed E-state index contributed by atoms with van der Waals surface area (Å²) < 4.78 is 23.7. The fourth-order valence-corrected chi connectivity index (χ4v) is 2.82. The molecule has 3 heterocycles. The molecule has 9 heteroatoms. The van der Waals surface area contributed by atoms with Crippen LogP contribution in [0.15, 0.2) is 11.1 Å². The monoisotopic (exact) mass is 311 g/mol. The third-order valence-corrected chi connectivity index (χ3v) is 3.90. The lowest BCUT2D eigenvalue weighted by atomic mass is 10.2. The van der Waals surface area contributed by atoms with Crippen LogP contribution in [0.2, 0.25) is 0 Å². The van der Waals surface area contributed by atoms with Gasteiger partial charge in [-0.2, -0.15) is 0 Å². The molecule has 0 amide bonds. The number of aromatic nitrogens is 4. The number of H-pyrrole nitrogens is 1. The lowest BCUT2D eigenvalue weighted by molar-refractivity contribution is -0.0145. The van der Waals surface area contributed by atoms with Gasteiger partial charge in [0.2, 0.25) is 0 Å². The number of ether oxygens (including phenoxy) is 1. The van der Waals surface area contributed by atoms with Crippen molar-refractivity contribution in [3.05, 3.63) is 22.5 Å². The predicted octanol–water partition coefficient (Wildman–Crippen LogP) is 1.49. The van der Waals surface area contributed by atoms with Gasteiger partial charge in [0.1, 0.15) is 18.7 Å². The van der Waals surface area contributed by atoms with E-state index < -0.39 is 8.03 Å². The van der Waals surface area contributed by atoms with Crippen molar-refractivity contribution in [2.24, 2.45) is 0 Å². The van der Waals surface area contributed by atoms with Crippen molar-refractivity contribution in [2.75, 3.05) is 13.3 Å². The van der Waals surface area contributed by atoms with Crippen molar-refractivity contribution in [3.63, 3.8) is 0 Å². The highest BCUT2D eigenvalue weighted by Crippen LogP contribution is 2.31. The maximum absolute atomic E-state index is 11.8. The van der Waals surface area contributed by atoms with Crippen LogP contribution in [-0.2, 0) is 13.8 Å². The minimum absolute atomic E-state index is 0.102. The van der Waals surface area contributed by atoms with Crippen LogP contribution in [0.1, 0.15) is 24.9 Å². The van der Waals surface area contributed by atoms with E-state index in [9.17, 15) is 9.36 Å². The van der Waals surface area contributed by atoms with E-state index in [0.717, 1.165) is 12.8 Å². The van der Waals surface area contributed by atoms with Crippen molar-refractivity contribution in [1.82, 2.24) is 19.5 Å². The summed E-state index contributed by atoms with van der Waals surface area (Å²) in [5, 5.41) is 0. The molecule has 1 saturated heterocycles. The third-order valence-electron chi connectivity index (χ3n) is 3.39. The van der Waals surface area contributed by atoms with Crippen molar-refractivity contribution in [2.45, 2.75) is 32.1 Å². The Bertz CT molecular complexity index is 740. The first kappa shape index (κ1) is 14.3. The zero-order valence-electron chi connectivity index (χ0n) is 11.8. The van der Waals surface area contributed by atoms with E-state index in [1.165, 1.54) is 6.66 Å². The minimum Gasteiger partial charge on any atom is -0.352 e. The Hall–Kier alpha value is -1.63. The lowest BCUT2D eigenvalue weighted by Gasteiger charge is -2.13. The van der Waals surface area contributed by atoms with Gasteiger partial charge in [-0.3, -0.25) is 9.36 Å². The molecule has 8 nitrogen and oxygen atoms in total. The second kappa shape index (κ2) is 5.63. The van der Waals surface area contributed by atoms with Crippen molar-refractivity contribution in [3.8, 4) is 0 Å². The fourth-order valence-electron chi connectivity index (χ4n) is 2.45. The second-order valence-corrected chi connectivity index (χ2v) is 6.14. The Morgan fingerprint density at radius 2 is 2.38 bits per heavy atom. The van der Waals surface area contributed by atoms with Gasteiger partial charge in [-0.15, -0.1) is 4.52 Å². The highest BCUT2D eigenvalue weighted by molar-refractivity contribution is 7.38. The molecule has 3 atom stereocenters. The number of hydrogen-bond acceptors (Lipinski definition) is 6. The first-order valence-electron chi connectivity index (χ1n) is 6.67. The van der Waals surface area contributed by atoms with Crippen LogP contribution in [-0.4, -0.2) is 38.9 Å². The Labute approximate surface area is 121 Å². The summed E-state index contributed by atoms with van der Waals surface area (Å²) in [4.78, 5) is 22.9. The molecule has 1 aliphatic rings. The summed E-state index contributed by atoms with van der Waals surface area (Å²) in [7, 11) is -1.62. The number of fused-ring (bicyclic) bond motifs is 1. The van der Waals surface area contributed by atoms with Gasteiger partial charge in [0.15, 0.2) is 17.8 Å². The molecule has 0 radical (unpaired) electrons. The van der Waals surface area contributed by atoms with Crippen LogP contribution >= 0.6 is 8.03 Å². The zero-order chi connectivity index (χ0) is 15.0. The van der Waals surface area contributed by atoms with Crippen molar-refractivity contribution >= 4 is 19.2 Å². The van der Waals surface area contributed by atoms with Crippen LogP contribution in [0.5, 0.6) is 0 Å². The van der Waals surface area contributed by atoms with E-state index in [-0.39, 0.29) is 17.9 Å². The van der Waals surface area contributed by atoms with E-state index in [4.69, 9.17) is 9.26 Å². The Morgan fingerprint density at radius 1 is 1.57 bits per heavy atom. The van der Waals surface area contributed by atoms with Gasteiger partial charge < -0.3 is 9.72 Å². The van der Waals surface area contributed by atoms with Gasteiger partial charge >= 0.3 is 8.03 Å². The molecule has 0 aromatic carbocycles. The smallest absolute Gasteiger partial charge is 0.352 e. The molecule has 21 heavy (non-hydrogen) atoms. The van der Waals surface area contributed by atoms with E-state index in [1.54, 1.807) is 17.8 Å². The van der Waals surface area contributed by atoms with E-state index in [0.29, 0.717) is 23.6 Å². The molecule has 0 aliphatic carbocycles. The molecule has 2 aromatic rings. The van der Waals surface area contributed by atoms with Gasteiger partial charge in [0.25, 0.3) is 5.56 Å². The van der Waals surface area contributed by atoms with Gasteiger partial charge in [-0.1, -0.05) is 0 Å². The number of imidazole rings is 1. The Morgan fingerprint density at radius 3 is 3.14 bits per heavy atom. The van der Waals surface area contributed by atoms with Crippen LogP contribution in [0.4, 0.5) is 0 Å². The molecule has 0 saturated carbocycles. The summed E-state index contributed by atoms with van der Waals surface area (Å²) in [6.45, 7) is 3.55. The van der Waals surface area contributed by atoms with Gasteiger partial charge in [-0.05, 0) is 24.3 Å². The molecular formula is C12H16N4O4P+. The first-order valence-corrected chi connectivity index (χ1v) is 8.30. The number of aromatic amines is 1. The molecule has 2 aromatic heterocycles. The number of hydrogen-bond donors (Lipinski definition) is 1. The average Bonchev–Trinajstić information content (AvgIpc) is 3.02. The van der Waals surface area contributed by atoms with E-state index >= 15 is 0 Å².